The molecule has 0 heteroatoms. The van der Waals surface area contributed by atoms with E-state index in [0.717, 1.165) is 5.92 Å². The fraction of sp³-hybridized carbons (Fsp3) is 0.750. The summed E-state index contributed by atoms with van der Waals surface area (Å²) in [5, 5.41) is 0. The third-order valence-electron chi connectivity index (χ3n) is 2.47. The molecular weight excluding hydrogens is 96.1 g/mol. The Morgan fingerprint density at radius 3 is 2.25 bits per heavy atom. The third kappa shape index (κ3) is 0.521. The van der Waals surface area contributed by atoms with Crippen LogP contribution in [-0.2, 0) is 0 Å². The molecule has 0 aromatic carbocycles. The highest BCUT2D eigenvalue weighted by atomic mass is 14.3. The van der Waals surface area contributed by atoms with Crippen molar-refractivity contribution < 1.29 is 0 Å². The van der Waals surface area contributed by atoms with Gasteiger partial charge in [-0.05, 0) is 31.6 Å². The van der Waals surface area contributed by atoms with Crippen LogP contribution < -0.4 is 0 Å². The second-order valence-corrected chi connectivity index (χ2v) is 2.95. The molecule has 44 valence electrons. The highest BCUT2D eigenvalue weighted by molar-refractivity contribution is 5.17. The first-order valence-electron chi connectivity index (χ1n) is 3.66. The molecule has 0 saturated heterocycles. The van der Waals surface area contributed by atoms with Gasteiger partial charge in [0.25, 0.3) is 0 Å². The Bertz CT molecular complexity index is 118. The highest BCUT2D eigenvalue weighted by Gasteiger charge is 2.23. The fourth-order valence-electron chi connectivity index (χ4n) is 1.46. The minimum absolute atomic E-state index is 1.05. The number of rotatable bonds is 1. The van der Waals surface area contributed by atoms with E-state index in [9.17, 15) is 0 Å². The van der Waals surface area contributed by atoms with Gasteiger partial charge in [0.05, 0.1) is 0 Å². The summed E-state index contributed by atoms with van der Waals surface area (Å²) in [6.45, 7) is 0. The van der Waals surface area contributed by atoms with Crippen LogP contribution in [0, 0.1) is 5.92 Å². The molecule has 2 aliphatic rings. The Labute approximate surface area is 50.6 Å². The molecule has 0 amide bonds. The summed E-state index contributed by atoms with van der Waals surface area (Å²) < 4.78 is 0. The topological polar surface area (TPSA) is 0 Å². The van der Waals surface area contributed by atoms with E-state index in [2.05, 4.69) is 6.08 Å². The largest absolute Gasteiger partial charge is 0.0847 e. The summed E-state index contributed by atoms with van der Waals surface area (Å²) in [6.07, 6.45) is 9.68. The van der Waals surface area contributed by atoms with Crippen LogP contribution in [0.3, 0.4) is 0 Å². The van der Waals surface area contributed by atoms with E-state index in [1.165, 1.54) is 32.1 Å². The number of allylic oxidation sites excluding steroid dienone is 2. The molecule has 1 fully saturated rings. The van der Waals surface area contributed by atoms with E-state index in [0.29, 0.717) is 0 Å². The Morgan fingerprint density at radius 1 is 1.38 bits per heavy atom. The molecule has 2 rings (SSSR count). The van der Waals surface area contributed by atoms with Crippen molar-refractivity contribution in [1.29, 1.82) is 0 Å². The summed E-state index contributed by atoms with van der Waals surface area (Å²) in [6, 6.07) is 0. The Balaban J connectivity index is 1.96. The quantitative estimate of drug-likeness (QED) is 0.453. The molecule has 0 N–H and O–H groups in total. The van der Waals surface area contributed by atoms with E-state index in [1.54, 1.807) is 5.57 Å². The monoisotopic (exact) mass is 108 g/mol. The minimum atomic E-state index is 1.05. The van der Waals surface area contributed by atoms with Gasteiger partial charge < -0.3 is 0 Å². The lowest BCUT2D eigenvalue weighted by Gasteiger charge is -2.31. The minimum Gasteiger partial charge on any atom is -0.0847 e. The standard InChI is InChI=1S/C8H12/c1-3-7(4-1)8-5-2-6-8/h3,8H,1-2,4-6H2. The predicted octanol–water partition coefficient (Wildman–Crippen LogP) is 2.51. The van der Waals surface area contributed by atoms with Gasteiger partial charge in [0, 0.05) is 0 Å². The number of hydrogen-bond donors (Lipinski definition) is 0. The van der Waals surface area contributed by atoms with Crippen LogP contribution in [0.25, 0.3) is 0 Å². The molecule has 0 aromatic heterocycles. The number of hydrogen-bond acceptors (Lipinski definition) is 0. The Morgan fingerprint density at radius 2 is 2.12 bits per heavy atom. The van der Waals surface area contributed by atoms with Gasteiger partial charge in [0.2, 0.25) is 0 Å². The molecule has 2 aliphatic carbocycles. The van der Waals surface area contributed by atoms with Crippen LogP contribution in [0.5, 0.6) is 0 Å². The van der Waals surface area contributed by atoms with Crippen LogP contribution in [0.1, 0.15) is 32.1 Å². The van der Waals surface area contributed by atoms with E-state index >= 15 is 0 Å². The lowest BCUT2D eigenvalue weighted by molar-refractivity contribution is 0.349. The van der Waals surface area contributed by atoms with Crippen LogP contribution in [-0.4, -0.2) is 0 Å². The van der Waals surface area contributed by atoms with Crippen molar-refractivity contribution in [3.63, 3.8) is 0 Å². The van der Waals surface area contributed by atoms with Crippen molar-refractivity contribution in [2.45, 2.75) is 32.1 Å². The van der Waals surface area contributed by atoms with Crippen LogP contribution in [0.4, 0.5) is 0 Å². The van der Waals surface area contributed by atoms with Crippen molar-refractivity contribution in [1.82, 2.24) is 0 Å². The smallest absolute Gasteiger partial charge is 0.0203 e. The van der Waals surface area contributed by atoms with Gasteiger partial charge in [0.1, 0.15) is 0 Å². The zero-order valence-corrected chi connectivity index (χ0v) is 5.19. The first kappa shape index (κ1) is 4.60. The van der Waals surface area contributed by atoms with Gasteiger partial charge in [-0.15, -0.1) is 0 Å². The molecule has 0 atom stereocenters. The molecule has 1 saturated carbocycles. The summed E-state index contributed by atoms with van der Waals surface area (Å²) in [5.41, 5.74) is 1.77. The average molecular weight is 108 g/mol. The highest BCUT2D eigenvalue weighted by Crippen LogP contribution is 2.39. The second kappa shape index (κ2) is 1.61. The normalized spacial score (nSPS) is 28.2. The molecule has 0 unspecified atom stereocenters. The molecule has 0 nitrogen and oxygen atoms in total. The van der Waals surface area contributed by atoms with Crippen LogP contribution in [0.15, 0.2) is 11.6 Å². The molecule has 0 heterocycles. The molecule has 0 aromatic rings. The zero-order chi connectivity index (χ0) is 5.40. The van der Waals surface area contributed by atoms with E-state index in [-0.39, 0.29) is 0 Å². The maximum absolute atomic E-state index is 2.42. The van der Waals surface area contributed by atoms with Crippen LogP contribution in [0.2, 0.25) is 0 Å². The summed E-state index contributed by atoms with van der Waals surface area (Å²) in [7, 11) is 0. The fourth-order valence-corrected chi connectivity index (χ4v) is 1.46. The molecular formula is C8H12. The van der Waals surface area contributed by atoms with Gasteiger partial charge in [-0.25, -0.2) is 0 Å². The summed E-state index contributed by atoms with van der Waals surface area (Å²) in [4.78, 5) is 0. The first-order valence-corrected chi connectivity index (χ1v) is 3.66. The molecule has 0 radical (unpaired) electrons. The predicted molar refractivity (Wildman–Crippen MR) is 34.7 cm³/mol. The molecule has 8 heavy (non-hydrogen) atoms. The van der Waals surface area contributed by atoms with Gasteiger partial charge in [0.15, 0.2) is 0 Å². The van der Waals surface area contributed by atoms with E-state index in [4.69, 9.17) is 0 Å². The van der Waals surface area contributed by atoms with Crippen molar-refractivity contribution in [3.8, 4) is 0 Å². The van der Waals surface area contributed by atoms with Gasteiger partial charge in [-0.2, -0.15) is 0 Å². The van der Waals surface area contributed by atoms with E-state index in [1.807, 2.05) is 0 Å². The SMILES string of the molecule is C1=C(C2CCC2)CC1. The maximum atomic E-state index is 2.42. The molecule has 0 spiro atoms. The van der Waals surface area contributed by atoms with Gasteiger partial charge in [-0.1, -0.05) is 18.1 Å². The van der Waals surface area contributed by atoms with Crippen molar-refractivity contribution in [2.75, 3.05) is 0 Å². The average Bonchev–Trinajstić information content (AvgIpc) is 1.47. The van der Waals surface area contributed by atoms with Crippen molar-refractivity contribution in [3.05, 3.63) is 11.6 Å². The van der Waals surface area contributed by atoms with Crippen molar-refractivity contribution in [2.24, 2.45) is 5.92 Å². The lowest BCUT2D eigenvalue weighted by Crippen LogP contribution is -2.16. The maximum Gasteiger partial charge on any atom is -0.0203 e. The van der Waals surface area contributed by atoms with E-state index < -0.39 is 0 Å². The zero-order valence-electron chi connectivity index (χ0n) is 5.19. The Hall–Kier alpha value is -0.260. The molecule has 0 aliphatic heterocycles. The molecule has 0 bridgehead atoms. The third-order valence-corrected chi connectivity index (χ3v) is 2.47. The van der Waals surface area contributed by atoms with Crippen molar-refractivity contribution >= 4 is 0 Å². The summed E-state index contributed by atoms with van der Waals surface area (Å²) >= 11 is 0. The van der Waals surface area contributed by atoms with Gasteiger partial charge >= 0.3 is 0 Å². The first-order chi connectivity index (χ1) is 3.97. The van der Waals surface area contributed by atoms with Crippen LogP contribution >= 0.6 is 0 Å². The summed E-state index contributed by atoms with van der Waals surface area (Å²) in [5.74, 6) is 1.05. The van der Waals surface area contributed by atoms with Gasteiger partial charge in [-0.3, -0.25) is 0 Å². The lowest BCUT2D eigenvalue weighted by atomic mass is 9.74. The second-order valence-electron chi connectivity index (χ2n) is 2.95. The Kier molecular flexibility index (Phi) is 0.927.